The first-order valence-electron chi connectivity index (χ1n) is 5.24. The van der Waals surface area contributed by atoms with E-state index in [9.17, 15) is 8.78 Å². The molecule has 0 spiro atoms. The number of halogens is 3. The highest BCUT2D eigenvalue weighted by molar-refractivity contribution is 9.10. The zero-order valence-corrected chi connectivity index (χ0v) is 11.7. The number of hydrogen-bond donors (Lipinski definition) is 2. The van der Waals surface area contributed by atoms with Crippen LogP contribution in [-0.2, 0) is 6.42 Å². The predicted octanol–water partition coefficient (Wildman–Crippen LogP) is 3.54. The van der Waals surface area contributed by atoms with Gasteiger partial charge in [0.1, 0.15) is 11.6 Å². The van der Waals surface area contributed by atoms with Crippen LogP contribution in [0.4, 0.5) is 8.78 Å². The Hall–Kier alpha value is -0.820. The molecule has 1 aromatic carbocycles. The van der Waals surface area contributed by atoms with E-state index in [-0.39, 0.29) is 5.56 Å². The van der Waals surface area contributed by atoms with Crippen LogP contribution in [0.3, 0.4) is 0 Å². The summed E-state index contributed by atoms with van der Waals surface area (Å²) in [6.07, 6.45) is 0.435. The minimum absolute atomic E-state index is 0.0236. The molecule has 2 nitrogen and oxygen atoms in total. The molecule has 6 heteroatoms. The predicted molar refractivity (Wildman–Crippen MR) is 72.1 cm³/mol. The lowest BCUT2D eigenvalue weighted by atomic mass is 10.0. The Labute approximate surface area is 116 Å². The molecule has 18 heavy (non-hydrogen) atoms. The largest absolute Gasteiger partial charge is 0.271 e. The molecule has 0 saturated carbocycles. The van der Waals surface area contributed by atoms with E-state index < -0.39 is 17.7 Å². The van der Waals surface area contributed by atoms with Crippen molar-refractivity contribution in [1.82, 2.24) is 5.43 Å². The molecule has 0 aliphatic heterocycles. The SMILES string of the molecule is NNC(Cc1cc(Br)cs1)c1c(F)cccc1F. The molecule has 0 radical (unpaired) electrons. The molecule has 0 bridgehead atoms. The van der Waals surface area contributed by atoms with Gasteiger partial charge in [0.05, 0.1) is 6.04 Å². The van der Waals surface area contributed by atoms with E-state index in [4.69, 9.17) is 5.84 Å². The van der Waals surface area contributed by atoms with E-state index in [1.165, 1.54) is 29.5 Å². The van der Waals surface area contributed by atoms with Crippen LogP contribution in [0.25, 0.3) is 0 Å². The van der Waals surface area contributed by atoms with Gasteiger partial charge in [-0.15, -0.1) is 11.3 Å². The lowest BCUT2D eigenvalue weighted by Gasteiger charge is -2.16. The summed E-state index contributed by atoms with van der Waals surface area (Å²) in [5, 5.41) is 1.92. The van der Waals surface area contributed by atoms with Crippen LogP contribution >= 0.6 is 27.3 Å². The third kappa shape index (κ3) is 2.95. The molecule has 1 aromatic heterocycles. The van der Waals surface area contributed by atoms with E-state index >= 15 is 0 Å². The highest BCUT2D eigenvalue weighted by Gasteiger charge is 2.19. The molecule has 0 aliphatic rings. The number of nitrogens with two attached hydrogens (primary N) is 1. The Morgan fingerprint density at radius 1 is 1.33 bits per heavy atom. The summed E-state index contributed by atoms with van der Waals surface area (Å²) in [4.78, 5) is 0.993. The van der Waals surface area contributed by atoms with Crippen molar-refractivity contribution < 1.29 is 8.78 Å². The molecular formula is C12H11BrF2N2S. The van der Waals surface area contributed by atoms with Gasteiger partial charge in [-0.25, -0.2) is 8.78 Å². The molecule has 3 N–H and O–H groups in total. The van der Waals surface area contributed by atoms with E-state index in [1.807, 2.05) is 11.4 Å². The van der Waals surface area contributed by atoms with Crippen molar-refractivity contribution in [2.24, 2.45) is 5.84 Å². The van der Waals surface area contributed by atoms with Gasteiger partial charge in [-0.1, -0.05) is 6.07 Å². The number of thiophene rings is 1. The summed E-state index contributed by atoms with van der Waals surface area (Å²) in [7, 11) is 0. The summed E-state index contributed by atoms with van der Waals surface area (Å²) in [5.74, 6) is 4.23. The standard InChI is InChI=1S/C12H11BrF2N2S/c13-7-4-8(18-6-7)5-11(17-16)12-9(14)2-1-3-10(12)15/h1-4,6,11,17H,5,16H2. The molecule has 96 valence electrons. The number of hydrazine groups is 1. The van der Waals surface area contributed by atoms with E-state index in [1.54, 1.807) is 0 Å². The molecule has 0 saturated heterocycles. The van der Waals surface area contributed by atoms with Gasteiger partial charge in [0.2, 0.25) is 0 Å². The zero-order chi connectivity index (χ0) is 13.1. The van der Waals surface area contributed by atoms with E-state index in [0.717, 1.165) is 9.35 Å². The third-order valence-corrected chi connectivity index (χ3v) is 4.30. The van der Waals surface area contributed by atoms with Crippen LogP contribution in [0.15, 0.2) is 34.1 Å². The number of hydrogen-bond acceptors (Lipinski definition) is 3. The molecule has 1 unspecified atom stereocenters. The summed E-state index contributed by atoms with van der Waals surface area (Å²) < 4.78 is 28.3. The average Bonchev–Trinajstić information content (AvgIpc) is 2.73. The van der Waals surface area contributed by atoms with Gasteiger partial charge in [0.15, 0.2) is 0 Å². The highest BCUT2D eigenvalue weighted by Crippen LogP contribution is 2.27. The van der Waals surface area contributed by atoms with Crippen LogP contribution < -0.4 is 11.3 Å². The Morgan fingerprint density at radius 2 is 2.00 bits per heavy atom. The van der Waals surface area contributed by atoms with Gasteiger partial charge in [-0.2, -0.15) is 0 Å². The molecule has 0 aliphatic carbocycles. The summed E-state index contributed by atoms with van der Waals surface area (Å²) in [5.41, 5.74) is 2.45. The maximum atomic E-state index is 13.7. The topological polar surface area (TPSA) is 38.0 Å². The maximum Gasteiger partial charge on any atom is 0.130 e. The van der Waals surface area contributed by atoms with E-state index in [2.05, 4.69) is 21.4 Å². The molecule has 1 atom stereocenters. The Morgan fingerprint density at radius 3 is 2.50 bits per heavy atom. The van der Waals surface area contributed by atoms with Crippen molar-refractivity contribution in [3.8, 4) is 0 Å². The molecular weight excluding hydrogens is 322 g/mol. The first-order chi connectivity index (χ1) is 8.61. The lowest BCUT2D eigenvalue weighted by molar-refractivity contribution is 0.474. The van der Waals surface area contributed by atoms with E-state index in [0.29, 0.717) is 6.42 Å². The van der Waals surface area contributed by atoms with Crippen LogP contribution in [0.5, 0.6) is 0 Å². The molecule has 1 heterocycles. The molecule has 2 aromatic rings. The molecule has 2 rings (SSSR count). The number of nitrogens with one attached hydrogen (secondary N) is 1. The van der Waals surface area contributed by atoms with Gasteiger partial charge in [0.25, 0.3) is 0 Å². The number of rotatable bonds is 4. The van der Waals surface area contributed by atoms with Gasteiger partial charge < -0.3 is 0 Å². The Bertz CT molecular complexity index is 524. The normalized spacial score (nSPS) is 12.7. The van der Waals surface area contributed by atoms with Crippen molar-refractivity contribution in [3.63, 3.8) is 0 Å². The van der Waals surface area contributed by atoms with Crippen molar-refractivity contribution in [2.75, 3.05) is 0 Å². The highest BCUT2D eigenvalue weighted by atomic mass is 79.9. The number of benzene rings is 1. The second kappa shape index (κ2) is 5.88. The first-order valence-corrected chi connectivity index (χ1v) is 6.92. The summed E-state index contributed by atoms with van der Waals surface area (Å²) >= 11 is 4.85. The monoisotopic (exact) mass is 332 g/mol. The van der Waals surface area contributed by atoms with Crippen LogP contribution in [-0.4, -0.2) is 0 Å². The van der Waals surface area contributed by atoms with Gasteiger partial charge in [0, 0.05) is 26.7 Å². The molecule has 0 amide bonds. The molecule has 0 fully saturated rings. The quantitative estimate of drug-likeness (QED) is 0.663. The fourth-order valence-corrected chi connectivity index (χ4v) is 3.25. The van der Waals surface area contributed by atoms with Crippen LogP contribution in [0.2, 0.25) is 0 Å². The Balaban J connectivity index is 2.28. The van der Waals surface area contributed by atoms with Crippen molar-refractivity contribution >= 4 is 27.3 Å². The second-order valence-electron chi connectivity index (χ2n) is 3.79. The van der Waals surface area contributed by atoms with Gasteiger partial charge in [-0.3, -0.25) is 11.3 Å². The lowest BCUT2D eigenvalue weighted by Crippen LogP contribution is -2.30. The minimum atomic E-state index is -0.589. The Kier molecular flexibility index (Phi) is 4.45. The third-order valence-electron chi connectivity index (χ3n) is 2.58. The van der Waals surface area contributed by atoms with Crippen molar-refractivity contribution in [3.05, 3.63) is 56.2 Å². The fraction of sp³-hybridized carbons (Fsp3) is 0.167. The van der Waals surface area contributed by atoms with Crippen molar-refractivity contribution in [1.29, 1.82) is 0 Å². The minimum Gasteiger partial charge on any atom is -0.271 e. The zero-order valence-electron chi connectivity index (χ0n) is 9.29. The summed E-state index contributed by atoms with van der Waals surface area (Å²) in [6, 6.07) is 5.12. The smallest absolute Gasteiger partial charge is 0.130 e. The summed E-state index contributed by atoms with van der Waals surface area (Å²) in [6.45, 7) is 0. The van der Waals surface area contributed by atoms with Gasteiger partial charge in [-0.05, 0) is 34.1 Å². The van der Waals surface area contributed by atoms with Crippen LogP contribution in [0, 0.1) is 11.6 Å². The maximum absolute atomic E-state index is 13.7. The first kappa shape index (κ1) is 13.6. The van der Waals surface area contributed by atoms with Crippen LogP contribution in [0.1, 0.15) is 16.5 Å². The van der Waals surface area contributed by atoms with Gasteiger partial charge >= 0.3 is 0 Å². The fourth-order valence-electron chi connectivity index (χ4n) is 1.75. The second-order valence-corrected chi connectivity index (χ2v) is 5.70. The van der Waals surface area contributed by atoms with Crippen molar-refractivity contribution in [2.45, 2.75) is 12.5 Å². The average molecular weight is 333 g/mol.